The minimum absolute atomic E-state index is 0.0232. The Morgan fingerprint density at radius 1 is 1.26 bits per heavy atom. The fraction of sp³-hybridized carbons (Fsp3) is 0.200. The van der Waals surface area contributed by atoms with Crippen LogP contribution in [0.25, 0.3) is 0 Å². The summed E-state index contributed by atoms with van der Waals surface area (Å²) in [5.41, 5.74) is 1.63. The van der Waals surface area contributed by atoms with Gasteiger partial charge in [0.1, 0.15) is 0 Å². The van der Waals surface area contributed by atoms with Crippen LogP contribution < -0.4 is 0 Å². The van der Waals surface area contributed by atoms with Crippen LogP contribution in [0, 0.1) is 0 Å². The quantitative estimate of drug-likeness (QED) is 0.857. The number of aromatic nitrogens is 1. The lowest BCUT2D eigenvalue weighted by Gasteiger charge is -2.25. The molecule has 0 aliphatic carbocycles. The van der Waals surface area contributed by atoms with Gasteiger partial charge in [-0.1, -0.05) is 23.7 Å². The van der Waals surface area contributed by atoms with E-state index in [1.165, 1.54) is 0 Å². The molecule has 0 saturated carbocycles. The zero-order chi connectivity index (χ0) is 13.8. The van der Waals surface area contributed by atoms with E-state index in [1.54, 1.807) is 36.5 Å². The molecule has 1 heterocycles. The monoisotopic (exact) mass is 274 g/mol. The minimum atomic E-state index is -0.0458. The van der Waals surface area contributed by atoms with Crippen molar-refractivity contribution in [3.8, 4) is 0 Å². The van der Waals surface area contributed by atoms with Crippen molar-refractivity contribution in [2.45, 2.75) is 13.0 Å². The molecule has 4 heteroatoms. The van der Waals surface area contributed by atoms with Gasteiger partial charge in [-0.2, -0.15) is 0 Å². The summed E-state index contributed by atoms with van der Waals surface area (Å²) in [6.45, 7) is 1.98. The SMILES string of the molecule is CC(c1ccc(Cl)cc1)N(C)C(=O)c1cccnc1. The molecule has 1 atom stereocenters. The maximum atomic E-state index is 12.3. The van der Waals surface area contributed by atoms with Gasteiger partial charge in [0.15, 0.2) is 0 Å². The molecule has 2 aromatic rings. The van der Waals surface area contributed by atoms with Gasteiger partial charge >= 0.3 is 0 Å². The van der Waals surface area contributed by atoms with Crippen molar-refractivity contribution in [1.82, 2.24) is 9.88 Å². The number of carbonyl (C=O) groups is 1. The molecule has 2 rings (SSSR count). The van der Waals surface area contributed by atoms with Crippen molar-refractivity contribution in [2.24, 2.45) is 0 Å². The summed E-state index contributed by atoms with van der Waals surface area (Å²) < 4.78 is 0. The standard InChI is InChI=1S/C15H15ClN2O/c1-11(12-5-7-14(16)8-6-12)18(2)15(19)13-4-3-9-17-10-13/h3-11H,1-2H3. The number of halogens is 1. The Kier molecular flexibility index (Phi) is 4.17. The fourth-order valence-corrected chi connectivity index (χ4v) is 1.96. The number of benzene rings is 1. The molecule has 0 N–H and O–H groups in total. The molecule has 0 saturated heterocycles. The maximum Gasteiger partial charge on any atom is 0.255 e. The molecule has 0 aliphatic heterocycles. The van der Waals surface area contributed by atoms with E-state index in [4.69, 9.17) is 11.6 Å². The first-order valence-electron chi connectivity index (χ1n) is 6.02. The van der Waals surface area contributed by atoms with Crippen LogP contribution in [0.4, 0.5) is 0 Å². The van der Waals surface area contributed by atoms with E-state index in [2.05, 4.69) is 4.98 Å². The van der Waals surface area contributed by atoms with E-state index in [-0.39, 0.29) is 11.9 Å². The lowest BCUT2D eigenvalue weighted by atomic mass is 10.1. The van der Waals surface area contributed by atoms with E-state index in [1.807, 2.05) is 31.2 Å². The first kappa shape index (κ1) is 13.6. The highest BCUT2D eigenvalue weighted by Gasteiger charge is 2.18. The van der Waals surface area contributed by atoms with Crippen molar-refractivity contribution < 1.29 is 4.79 Å². The first-order valence-corrected chi connectivity index (χ1v) is 6.40. The first-order chi connectivity index (χ1) is 9.09. The number of pyridine rings is 1. The number of amides is 1. The van der Waals surface area contributed by atoms with Gasteiger partial charge < -0.3 is 4.90 Å². The number of hydrogen-bond acceptors (Lipinski definition) is 2. The second-order valence-corrected chi connectivity index (χ2v) is 4.82. The van der Waals surface area contributed by atoms with E-state index >= 15 is 0 Å². The third kappa shape index (κ3) is 3.12. The van der Waals surface area contributed by atoms with Gasteiger partial charge in [0.25, 0.3) is 5.91 Å². The van der Waals surface area contributed by atoms with Gasteiger partial charge in [-0.05, 0) is 36.8 Å². The molecule has 0 fully saturated rings. The van der Waals surface area contributed by atoms with Crippen molar-refractivity contribution in [3.05, 3.63) is 64.9 Å². The van der Waals surface area contributed by atoms with E-state index < -0.39 is 0 Å². The molecule has 1 amide bonds. The second kappa shape index (κ2) is 5.85. The summed E-state index contributed by atoms with van der Waals surface area (Å²) in [6.07, 6.45) is 3.23. The lowest BCUT2D eigenvalue weighted by Crippen LogP contribution is -2.29. The molecule has 1 aromatic heterocycles. The van der Waals surface area contributed by atoms with Gasteiger partial charge in [0.05, 0.1) is 11.6 Å². The highest BCUT2D eigenvalue weighted by Crippen LogP contribution is 2.22. The Balaban J connectivity index is 2.17. The minimum Gasteiger partial charge on any atom is -0.335 e. The molecule has 0 bridgehead atoms. The molecule has 0 radical (unpaired) electrons. The van der Waals surface area contributed by atoms with Gasteiger partial charge in [-0.15, -0.1) is 0 Å². The fourth-order valence-electron chi connectivity index (χ4n) is 1.83. The normalized spacial score (nSPS) is 11.9. The highest BCUT2D eigenvalue weighted by atomic mass is 35.5. The Labute approximate surface area is 117 Å². The molecule has 19 heavy (non-hydrogen) atoms. The van der Waals surface area contributed by atoms with Crippen molar-refractivity contribution in [1.29, 1.82) is 0 Å². The predicted molar refractivity (Wildman–Crippen MR) is 76.2 cm³/mol. The zero-order valence-electron chi connectivity index (χ0n) is 10.9. The summed E-state index contributed by atoms with van der Waals surface area (Å²) in [5.74, 6) is -0.0458. The topological polar surface area (TPSA) is 33.2 Å². The largest absolute Gasteiger partial charge is 0.335 e. The predicted octanol–water partition coefficient (Wildman–Crippen LogP) is 3.57. The maximum absolute atomic E-state index is 12.3. The summed E-state index contributed by atoms with van der Waals surface area (Å²) in [7, 11) is 1.79. The van der Waals surface area contributed by atoms with Crippen LogP contribution >= 0.6 is 11.6 Å². The summed E-state index contributed by atoms with van der Waals surface area (Å²) in [6, 6.07) is 11.0. The molecule has 0 aliphatic rings. The zero-order valence-corrected chi connectivity index (χ0v) is 11.6. The summed E-state index contributed by atoms with van der Waals surface area (Å²) in [4.78, 5) is 17.9. The average molecular weight is 275 g/mol. The Morgan fingerprint density at radius 2 is 1.95 bits per heavy atom. The molecular formula is C15H15ClN2O. The van der Waals surface area contributed by atoms with Gasteiger partial charge in [-0.3, -0.25) is 9.78 Å². The van der Waals surface area contributed by atoms with Gasteiger partial charge in [0, 0.05) is 24.5 Å². The third-order valence-corrected chi connectivity index (χ3v) is 3.41. The Bertz CT molecular complexity index is 554. The van der Waals surface area contributed by atoms with Crippen LogP contribution in [0.15, 0.2) is 48.8 Å². The number of hydrogen-bond donors (Lipinski definition) is 0. The second-order valence-electron chi connectivity index (χ2n) is 4.39. The van der Waals surface area contributed by atoms with Crippen LogP contribution in [0.5, 0.6) is 0 Å². The van der Waals surface area contributed by atoms with Crippen molar-refractivity contribution in [3.63, 3.8) is 0 Å². The van der Waals surface area contributed by atoms with Crippen LogP contribution in [0.1, 0.15) is 28.9 Å². The summed E-state index contributed by atoms with van der Waals surface area (Å²) >= 11 is 5.87. The van der Waals surface area contributed by atoms with Crippen molar-refractivity contribution in [2.75, 3.05) is 7.05 Å². The number of carbonyl (C=O) groups excluding carboxylic acids is 1. The average Bonchev–Trinajstić information content (AvgIpc) is 2.46. The van der Waals surface area contributed by atoms with E-state index in [9.17, 15) is 4.79 Å². The molecule has 98 valence electrons. The van der Waals surface area contributed by atoms with Gasteiger partial charge in [0.2, 0.25) is 0 Å². The van der Waals surface area contributed by atoms with Crippen molar-refractivity contribution >= 4 is 17.5 Å². The smallest absolute Gasteiger partial charge is 0.255 e. The third-order valence-electron chi connectivity index (χ3n) is 3.16. The number of nitrogens with zero attached hydrogens (tertiary/aromatic N) is 2. The van der Waals surface area contributed by atoms with Crippen LogP contribution in [0.3, 0.4) is 0 Å². The number of rotatable bonds is 3. The highest BCUT2D eigenvalue weighted by molar-refractivity contribution is 6.30. The molecule has 1 aromatic carbocycles. The van der Waals surface area contributed by atoms with E-state index in [0.29, 0.717) is 10.6 Å². The van der Waals surface area contributed by atoms with Gasteiger partial charge in [-0.25, -0.2) is 0 Å². The Hall–Kier alpha value is -1.87. The van der Waals surface area contributed by atoms with Crippen LogP contribution in [-0.2, 0) is 0 Å². The summed E-state index contributed by atoms with van der Waals surface area (Å²) in [5, 5.41) is 0.692. The molecule has 0 spiro atoms. The van der Waals surface area contributed by atoms with Crippen LogP contribution in [0.2, 0.25) is 5.02 Å². The molecule has 3 nitrogen and oxygen atoms in total. The lowest BCUT2D eigenvalue weighted by molar-refractivity contribution is 0.0742. The van der Waals surface area contributed by atoms with Crippen LogP contribution in [-0.4, -0.2) is 22.8 Å². The van der Waals surface area contributed by atoms with E-state index in [0.717, 1.165) is 5.56 Å². The Morgan fingerprint density at radius 3 is 2.53 bits per heavy atom. The molecular weight excluding hydrogens is 260 g/mol. The molecule has 1 unspecified atom stereocenters.